The summed E-state index contributed by atoms with van der Waals surface area (Å²) in [5.41, 5.74) is 6.18. The molecule has 0 aliphatic rings. The molecule has 0 heterocycles. The van der Waals surface area contributed by atoms with Gasteiger partial charge in [-0.2, -0.15) is 0 Å². The zero-order valence-corrected chi connectivity index (χ0v) is 13.6. The topological polar surface area (TPSA) is 35.2 Å². The van der Waals surface area contributed by atoms with E-state index in [1.165, 1.54) is 0 Å². The molecular formula is C9H25NOSi2. The third-order valence-corrected chi connectivity index (χ3v) is 6.57. The Kier molecular flexibility index (Phi) is 3.95. The minimum absolute atomic E-state index is 0.122. The third kappa shape index (κ3) is 2.65. The zero-order valence-electron chi connectivity index (χ0n) is 10.2. The average Bonchev–Trinajstić information content (AvgIpc) is 1.84. The first-order valence-corrected chi connectivity index (χ1v) is 6.94. The maximum atomic E-state index is 6.21. The Labute approximate surface area is 88.1 Å². The second-order valence-corrected chi connectivity index (χ2v) is 10.0. The number of hydrogen-bond acceptors (Lipinski definition) is 2. The Balaban J connectivity index is 4.81. The molecule has 0 aromatic heterocycles. The highest BCUT2D eigenvalue weighted by Gasteiger charge is 2.45. The largest absolute Gasteiger partial charge is 0.468 e. The van der Waals surface area contributed by atoms with Gasteiger partial charge in [0.1, 0.15) is 10.5 Å². The van der Waals surface area contributed by atoms with Crippen LogP contribution in [-0.2, 0) is 4.12 Å². The van der Waals surface area contributed by atoms with E-state index >= 15 is 0 Å². The Bertz CT molecular complexity index is 173. The molecule has 0 atom stereocenters. The fourth-order valence-corrected chi connectivity index (χ4v) is 5.12. The van der Waals surface area contributed by atoms with Crippen molar-refractivity contribution in [2.24, 2.45) is 11.1 Å². The molecular weight excluding hydrogens is 194 g/mol. The highest BCUT2D eigenvalue weighted by Crippen LogP contribution is 2.49. The molecule has 0 aromatic rings. The summed E-state index contributed by atoms with van der Waals surface area (Å²) >= 11 is 0. The Hall–Kier alpha value is 0.354. The summed E-state index contributed by atoms with van der Waals surface area (Å²) in [5.74, 6) is 0. The van der Waals surface area contributed by atoms with Gasteiger partial charge in [-0.25, -0.2) is 0 Å². The molecule has 0 aliphatic heterocycles. The van der Waals surface area contributed by atoms with Gasteiger partial charge in [-0.15, -0.1) is 0 Å². The van der Waals surface area contributed by atoms with Crippen LogP contribution in [0.15, 0.2) is 0 Å². The quantitative estimate of drug-likeness (QED) is 0.692. The molecule has 0 aromatic carbocycles. The summed E-state index contributed by atoms with van der Waals surface area (Å²) in [6, 6.07) is 0. The molecule has 13 heavy (non-hydrogen) atoms. The van der Waals surface area contributed by atoms with Crippen molar-refractivity contribution >= 4 is 20.2 Å². The summed E-state index contributed by atoms with van der Waals surface area (Å²) in [4.78, 5) is 0. The van der Waals surface area contributed by atoms with Gasteiger partial charge in [-0.05, 0) is 24.3 Å². The second-order valence-electron chi connectivity index (χ2n) is 5.66. The molecule has 2 nitrogen and oxygen atoms in total. The molecule has 80 valence electrons. The fraction of sp³-hybridized carbons (Fsp3) is 1.00. The molecule has 0 amide bonds. The second kappa shape index (κ2) is 3.84. The minimum atomic E-state index is -0.453. The Morgan fingerprint density at radius 3 is 1.69 bits per heavy atom. The van der Waals surface area contributed by atoms with Gasteiger partial charge in [0, 0.05) is 5.54 Å². The predicted octanol–water partition coefficient (Wildman–Crippen LogP) is 0.329. The van der Waals surface area contributed by atoms with Crippen LogP contribution in [0.25, 0.3) is 0 Å². The van der Waals surface area contributed by atoms with Crippen molar-refractivity contribution in [2.75, 3.05) is 0 Å². The number of nitrogens with two attached hydrogens (primary N) is 1. The van der Waals surface area contributed by atoms with Crippen LogP contribution in [-0.4, -0.2) is 25.8 Å². The van der Waals surface area contributed by atoms with Crippen LogP contribution >= 0.6 is 0 Å². The molecule has 0 saturated carbocycles. The summed E-state index contributed by atoms with van der Waals surface area (Å²) in [5, 5.41) is 0.257. The van der Waals surface area contributed by atoms with E-state index in [2.05, 4.69) is 41.5 Å². The highest BCUT2D eigenvalue weighted by atomic mass is 28.3. The number of rotatable bonds is 4. The lowest BCUT2D eigenvalue weighted by atomic mass is 9.67. The van der Waals surface area contributed by atoms with Gasteiger partial charge in [0.15, 0.2) is 9.76 Å². The van der Waals surface area contributed by atoms with Crippen LogP contribution in [0.3, 0.4) is 0 Å². The fourth-order valence-electron chi connectivity index (χ4n) is 1.41. The van der Waals surface area contributed by atoms with Crippen LogP contribution in [0.2, 0.25) is 5.04 Å². The summed E-state index contributed by atoms with van der Waals surface area (Å²) < 4.78 is 5.51. The minimum Gasteiger partial charge on any atom is -0.468 e. The van der Waals surface area contributed by atoms with Crippen LogP contribution in [0.4, 0.5) is 0 Å². The van der Waals surface area contributed by atoms with Crippen LogP contribution in [0, 0.1) is 5.41 Å². The standard InChI is InChI=1S/C9H25NOSi2/c1-7(2,8(3,4)10)9(5,6)13-11-12/h10,13H2,1-6,12H3. The van der Waals surface area contributed by atoms with Crippen LogP contribution < -0.4 is 5.73 Å². The molecule has 0 rings (SSSR count). The molecule has 0 fully saturated rings. The van der Waals surface area contributed by atoms with Crippen molar-refractivity contribution in [1.29, 1.82) is 0 Å². The van der Waals surface area contributed by atoms with Gasteiger partial charge in [0.25, 0.3) is 0 Å². The molecule has 0 spiro atoms. The molecule has 4 heteroatoms. The summed E-state index contributed by atoms with van der Waals surface area (Å²) in [7, 11) is 0.409. The predicted molar refractivity (Wildman–Crippen MR) is 65.7 cm³/mol. The Morgan fingerprint density at radius 1 is 1.08 bits per heavy atom. The normalized spacial score (nSPS) is 15.9. The lowest BCUT2D eigenvalue weighted by Crippen LogP contribution is -2.54. The molecule has 2 N–H and O–H groups in total. The van der Waals surface area contributed by atoms with E-state index in [0.29, 0.717) is 0 Å². The van der Waals surface area contributed by atoms with E-state index in [1.54, 1.807) is 0 Å². The van der Waals surface area contributed by atoms with Crippen LogP contribution in [0.1, 0.15) is 41.5 Å². The van der Waals surface area contributed by atoms with E-state index in [1.807, 2.05) is 0 Å². The van der Waals surface area contributed by atoms with Crippen molar-refractivity contribution < 1.29 is 4.12 Å². The van der Waals surface area contributed by atoms with Crippen molar-refractivity contribution in [1.82, 2.24) is 0 Å². The maximum Gasteiger partial charge on any atom is 0.151 e. The van der Waals surface area contributed by atoms with Crippen LogP contribution in [0.5, 0.6) is 0 Å². The van der Waals surface area contributed by atoms with Gasteiger partial charge in [0.05, 0.1) is 0 Å². The van der Waals surface area contributed by atoms with Gasteiger partial charge in [-0.3, -0.25) is 0 Å². The van der Waals surface area contributed by atoms with E-state index in [0.717, 1.165) is 10.5 Å². The van der Waals surface area contributed by atoms with E-state index in [-0.39, 0.29) is 16.0 Å². The monoisotopic (exact) mass is 219 g/mol. The lowest BCUT2D eigenvalue weighted by molar-refractivity contribution is 0.136. The zero-order chi connectivity index (χ0) is 10.9. The maximum absolute atomic E-state index is 6.21. The summed E-state index contributed by atoms with van der Waals surface area (Å²) in [6.45, 7) is 13.3. The molecule has 0 bridgehead atoms. The first-order valence-electron chi connectivity index (χ1n) is 4.84. The first kappa shape index (κ1) is 13.4. The molecule has 0 radical (unpaired) electrons. The van der Waals surface area contributed by atoms with Gasteiger partial charge >= 0.3 is 0 Å². The van der Waals surface area contributed by atoms with Crippen molar-refractivity contribution in [2.45, 2.75) is 52.1 Å². The lowest BCUT2D eigenvalue weighted by Gasteiger charge is -2.50. The van der Waals surface area contributed by atoms with Gasteiger partial charge in [0.2, 0.25) is 0 Å². The van der Waals surface area contributed by atoms with E-state index in [9.17, 15) is 0 Å². The first-order chi connectivity index (χ1) is 5.56. The van der Waals surface area contributed by atoms with Crippen molar-refractivity contribution in [3.05, 3.63) is 0 Å². The van der Waals surface area contributed by atoms with E-state index < -0.39 is 9.76 Å². The number of hydrogen-bond donors (Lipinski definition) is 1. The Morgan fingerprint density at radius 2 is 1.46 bits per heavy atom. The van der Waals surface area contributed by atoms with E-state index in [4.69, 9.17) is 9.85 Å². The molecule has 0 aliphatic carbocycles. The SMILES string of the molecule is CC(C)(N)C(C)(C)C(C)(C)[SiH2]O[SiH3]. The smallest absolute Gasteiger partial charge is 0.151 e. The average molecular weight is 219 g/mol. The third-order valence-electron chi connectivity index (χ3n) is 3.81. The molecule has 0 saturated heterocycles. The van der Waals surface area contributed by atoms with Gasteiger partial charge in [-0.1, -0.05) is 27.7 Å². The summed E-state index contributed by atoms with van der Waals surface area (Å²) in [6.07, 6.45) is 0. The van der Waals surface area contributed by atoms with Crippen molar-refractivity contribution in [3.63, 3.8) is 0 Å². The molecule has 0 unspecified atom stereocenters. The highest BCUT2D eigenvalue weighted by molar-refractivity contribution is 6.38. The van der Waals surface area contributed by atoms with Crippen molar-refractivity contribution in [3.8, 4) is 0 Å². The van der Waals surface area contributed by atoms with Gasteiger partial charge < -0.3 is 9.85 Å².